The predicted molar refractivity (Wildman–Crippen MR) is 96.7 cm³/mol. The average Bonchev–Trinajstić information content (AvgIpc) is 2.92. The molecule has 1 aliphatic heterocycles. The van der Waals surface area contributed by atoms with Crippen LogP contribution in [0.5, 0.6) is 11.5 Å². The zero-order valence-corrected chi connectivity index (χ0v) is 15.4. The van der Waals surface area contributed by atoms with E-state index in [-0.39, 0.29) is 12.0 Å². The van der Waals surface area contributed by atoms with E-state index in [9.17, 15) is 4.79 Å². The smallest absolute Gasteiger partial charge is 0.251 e. The summed E-state index contributed by atoms with van der Waals surface area (Å²) in [5, 5.41) is 2.95. The van der Waals surface area contributed by atoms with Gasteiger partial charge in [-0.3, -0.25) is 4.79 Å². The zero-order valence-electron chi connectivity index (χ0n) is 13.8. The SMILES string of the molecule is CCOc1cc2c(cc1CNC(=O)c1ccc(Br)cc1)OC(C)C2. The Morgan fingerprint density at radius 2 is 2.08 bits per heavy atom. The van der Waals surface area contributed by atoms with E-state index in [2.05, 4.69) is 28.2 Å². The van der Waals surface area contributed by atoms with Gasteiger partial charge in [-0.05, 0) is 50.2 Å². The Bertz CT molecular complexity index is 743. The number of rotatable bonds is 5. The Hall–Kier alpha value is -2.01. The second-order valence-corrected chi connectivity index (χ2v) is 6.74. The first kappa shape index (κ1) is 16.8. The fraction of sp³-hybridized carbons (Fsp3) is 0.316. The van der Waals surface area contributed by atoms with Gasteiger partial charge >= 0.3 is 0 Å². The minimum atomic E-state index is -0.111. The molecule has 24 heavy (non-hydrogen) atoms. The molecule has 126 valence electrons. The van der Waals surface area contributed by atoms with E-state index in [1.807, 2.05) is 31.2 Å². The molecule has 0 radical (unpaired) electrons. The quantitative estimate of drug-likeness (QED) is 0.836. The number of amides is 1. The second kappa shape index (κ2) is 7.26. The number of carbonyl (C=O) groups is 1. The average molecular weight is 390 g/mol. The molecule has 1 unspecified atom stereocenters. The first-order valence-electron chi connectivity index (χ1n) is 8.06. The van der Waals surface area contributed by atoms with Gasteiger partial charge in [-0.1, -0.05) is 15.9 Å². The number of fused-ring (bicyclic) bond motifs is 1. The summed E-state index contributed by atoms with van der Waals surface area (Å²) in [7, 11) is 0. The van der Waals surface area contributed by atoms with Crippen LogP contribution in [0.25, 0.3) is 0 Å². The minimum absolute atomic E-state index is 0.111. The molecule has 1 atom stereocenters. The standard InChI is InChI=1S/C19H20BrNO3/c1-3-23-17-9-14-8-12(2)24-18(14)10-15(17)11-21-19(22)13-4-6-16(20)7-5-13/h4-7,9-10,12H,3,8,11H2,1-2H3,(H,21,22). The highest BCUT2D eigenvalue weighted by molar-refractivity contribution is 9.10. The van der Waals surface area contributed by atoms with Crippen molar-refractivity contribution in [3.05, 3.63) is 57.6 Å². The number of ether oxygens (including phenoxy) is 2. The molecule has 5 heteroatoms. The maximum Gasteiger partial charge on any atom is 0.251 e. The molecule has 1 amide bonds. The lowest BCUT2D eigenvalue weighted by Crippen LogP contribution is -2.23. The molecule has 0 bridgehead atoms. The van der Waals surface area contributed by atoms with Gasteiger partial charge in [0.25, 0.3) is 5.91 Å². The summed E-state index contributed by atoms with van der Waals surface area (Å²) >= 11 is 3.37. The van der Waals surface area contributed by atoms with Gasteiger partial charge in [0.1, 0.15) is 17.6 Å². The molecular formula is C19H20BrNO3. The number of hydrogen-bond donors (Lipinski definition) is 1. The Labute approximate surface area is 150 Å². The first-order valence-corrected chi connectivity index (χ1v) is 8.85. The van der Waals surface area contributed by atoms with Gasteiger partial charge in [-0.25, -0.2) is 0 Å². The summed E-state index contributed by atoms with van der Waals surface area (Å²) < 4.78 is 12.5. The van der Waals surface area contributed by atoms with E-state index in [0.29, 0.717) is 18.7 Å². The summed E-state index contributed by atoms with van der Waals surface area (Å²) in [4.78, 5) is 12.3. The van der Waals surface area contributed by atoms with E-state index >= 15 is 0 Å². The number of halogens is 1. The molecule has 0 fully saturated rings. The van der Waals surface area contributed by atoms with Crippen LogP contribution in [0.3, 0.4) is 0 Å². The van der Waals surface area contributed by atoms with Crippen molar-refractivity contribution in [1.29, 1.82) is 0 Å². The van der Waals surface area contributed by atoms with Crippen LogP contribution in [0, 0.1) is 0 Å². The van der Waals surface area contributed by atoms with Crippen LogP contribution < -0.4 is 14.8 Å². The number of benzene rings is 2. The van der Waals surface area contributed by atoms with E-state index in [1.165, 1.54) is 0 Å². The maximum atomic E-state index is 12.3. The Kier molecular flexibility index (Phi) is 5.09. The molecule has 3 rings (SSSR count). The topological polar surface area (TPSA) is 47.6 Å². The highest BCUT2D eigenvalue weighted by Gasteiger charge is 2.22. The molecule has 1 aliphatic rings. The van der Waals surface area contributed by atoms with Gasteiger partial charge in [-0.2, -0.15) is 0 Å². The Morgan fingerprint density at radius 3 is 2.79 bits per heavy atom. The molecule has 0 spiro atoms. The summed E-state index contributed by atoms with van der Waals surface area (Å²) in [5.41, 5.74) is 2.71. The number of carbonyl (C=O) groups excluding carboxylic acids is 1. The third-order valence-electron chi connectivity index (χ3n) is 3.92. The molecular weight excluding hydrogens is 370 g/mol. The van der Waals surface area contributed by atoms with Crippen LogP contribution >= 0.6 is 15.9 Å². The monoisotopic (exact) mass is 389 g/mol. The molecule has 0 saturated carbocycles. The van der Waals surface area contributed by atoms with Gasteiger partial charge in [0, 0.05) is 34.1 Å². The Balaban J connectivity index is 1.75. The lowest BCUT2D eigenvalue weighted by molar-refractivity contribution is 0.0950. The molecule has 0 aliphatic carbocycles. The van der Waals surface area contributed by atoms with Crippen LogP contribution in [0.4, 0.5) is 0 Å². The molecule has 0 aromatic heterocycles. The summed E-state index contributed by atoms with van der Waals surface area (Å²) in [6.45, 7) is 4.99. The Morgan fingerprint density at radius 1 is 1.33 bits per heavy atom. The molecule has 4 nitrogen and oxygen atoms in total. The van der Waals surface area contributed by atoms with Crippen LogP contribution in [0.2, 0.25) is 0 Å². The second-order valence-electron chi connectivity index (χ2n) is 5.82. The lowest BCUT2D eigenvalue weighted by Gasteiger charge is -2.13. The van der Waals surface area contributed by atoms with Gasteiger partial charge < -0.3 is 14.8 Å². The molecule has 1 N–H and O–H groups in total. The van der Waals surface area contributed by atoms with E-state index in [4.69, 9.17) is 9.47 Å². The van der Waals surface area contributed by atoms with Crippen LogP contribution in [0.15, 0.2) is 40.9 Å². The third-order valence-corrected chi connectivity index (χ3v) is 4.45. The molecule has 2 aromatic carbocycles. The maximum absolute atomic E-state index is 12.3. The van der Waals surface area contributed by atoms with Gasteiger partial charge in [0.2, 0.25) is 0 Å². The minimum Gasteiger partial charge on any atom is -0.494 e. The van der Waals surface area contributed by atoms with Gasteiger partial charge in [0.15, 0.2) is 0 Å². The van der Waals surface area contributed by atoms with Gasteiger partial charge in [0.05, 0.1) is 6.61 Å². The van der Waals surface area contributed by atoms with Crippen molar-refractivity contribution in [2.24, 2.45) is 0 Å². The van der Waals surface area contributed by atoms with Crippen molar-refractivity contribution in [2.75, 3.05) is 6.61 Å². The van der Waals surface area contributed by atoms with Crippen LogP contribution in [-0.2, 0) is 13.0 Å². The normalized spacial score (nSPS) is 15.5. The van der Waals surface area contributed by atoms with Crippen molar-refractivity contribution in [1.82, 2.24) is 5.32 Å². The summed E-state index contributed by atoms with van der Waals surface area (Å²) in [6, 6.07) is 11.3. The molecule has 0 saturated heterocycles. The largest absolute Gasteiger partial charge is 0.494 e. The lowest BCUT2D eigenvalue weighted by atomic mass is 10.1. The van der Waals surface area contributed by atoms with Crippen LogP contribution in [-0.4, -0.2) is 18.6 Å². The van der Waals surface area contributed by atoms with Crippen molar-refractivity contribution in [2.45, 2.75) is 32.9 Å². The predicted octanol–water partition coefficient (Wildman–Crippen LogP) is 4.10. The van der Waals surface area contributed by atoms with Crippen molar-refractivity contribution in [3.8, 4) is 11.5 Å². The van der Waals surface area contributed by atoms with Crippen molar-refractivity contribution in [3.63, 3.8) is 0 Å². The highest BCUT2D eigenvalue weighted by atomic mass is 79.9. The number of nitrogens with one attached hydrogen (secondary N) is 1. The highest BCUT2D eigenvalue weighted by Crippen LogP contribution is 2.35. The van der Waals surface area contributed by atoms with Crippen LogP contribution in [0.1, 0.15) is 35.3 Å². The summed E-state index contributed by atoms with van der Waals surface area (Å²) in [5.74, 6) is 1.59. The molecule has 1 heterocycles. The zero-order chi connectivity index (χ0) is 17.1. The number of hydrogen-bond acceptors (Lipinski definition) is 3. The van der Waals surface area contributed by atoms with E-state index < -0.39 is 0 Å². The van der Waals surface area contributed by atoms with E-state index in [0.717, 1.165) is 33.5 Å². The first-order chi connectivity index (χ1) is 11.6. The fourth-order valence-electron chi connectivity index (χ4n) is 2.79. The summed E-state index contributed by atoms with van der Waals surface area (Å²) in [6.07, 6.45) is 1.07. The fourth-order valence-corrected chi connectivity index (χ4v) is 3.05. The van der Waals surface area contributed by atoms with Crippen molar-refractivity contribution < 1.29 is 14.3 Å². The van der Waals surface area contributed by atoms with Gasteiger partial charge in [-0.15, -0.1) is 0 Å². The van der Waals surface area contributed by atoms with E-state index in [1.54, 1.807) is 12.1 Å². The third kappa shape index (κ3) is 3.73. The molecule has 2 aromatic rings. The van der Waals surface area contributed by atoms with Crippen molar-refractivity contribution >= 4 is 21.8 Å².